The minimum Gasteiger partial charge on any atom is -0.433 e. The van der Waals surface area contributed by atoms with E-state index in [2.05, 4.69) is 48.1 Å². The van der Waals surface area contributed by atoms with Crippen molar-refractivity contribution in [3.63, 3.8) is 0 Å². The standard InChI is InChI=1S/C37H53NO6/c1-23(2)26-14-19-37(22-43-32(40)44-25-10-8-24(9-11-25)38(41)42)21-20-35(6)27(31(26)37)12-13-29-34(5)17-16-30(39)33(3,4)28(34)15-18-36(29,35)7/h8-11,26-31,39H,1,12-22H2,2-7H3/t26-,27+,28-,29+,30-,31+,34-,35+,36+,37+/m0/s1. The fourth-order valence-corrected chi connectivity index (χ4v) is 12.5. The van der Waals surface area contributed by atoms with E-state index >= 15 is 0 Å². The fraction of sp³-hybridized carbons (Fsp3) is 0.757. The maximum Gasteiger partial charge on any atom is 0.513 e. The SMILES string of the molecule is C=C(C)[C@@H]1CC[C@]2(COC(=O)Oc3ccc([N+](=O)[O-])cc3)CC[C@]3(C)[C@H](CC[C@@H]4[C@@]5(C)CC[C@H](O)C(C)(C)[C@@H]5CC[C@]43C)[C@@H]12. The Morgan fingerprint density at radius 3 is 2.30 bits per heavy atom. The van der Waals surface area contributed by atoms with Crippen LogP contribution in [0.15, 0.2) is 36.4 Å². The second kappa shape index (κ2) is 10.6. The Hall–Kier alpha value is -2.41. The maximum absolute atomic E-state index is 12.9. The topological polar surface area (TPSA) is 98.9 Å². The molecule has 0 aromatic heterocycles. The van der Waals surface area contributed by atoms with E-state index in [9.17, 15) is 20.0 Å². The number of allylic oxidation sites excluding steroid dienone is 1. The summed E-state index contributed by atoms with van der Waals surface area (Å²) < 4.78 is 11.4. The van der Waals surface area contributed by atoms with Crippen molar-refractivity contribution in [1.82, 2.24) is 0 Å². The number of rotatable bonds is 5. The highest BCUT2D eigenvalue weighted by Crippen LogP contribution is 2.77. The van der Waals surface area contributed by atoms with Crippen molar-refractivity contribution in [2.75, 3.05) is 6.61 Å². The molecular formula is C37H53NO6. The van der Waals surface area contributed by atoms with Crippen molar-refractivity contribution >= 4 is 11.8 Å². The molecule has 5 fully saturated rings. The summed E-state index contributed by atoms with van der Waals surface area (Å²) in [5.74, 6) is 2.81. The van der Waals surface area contributed by atoms with Crippen LogP contribution in [0.25, 0.3) is 0 Å². The van der Waals surface area contributed by atoms with E-state index < -0.39 is 11.1 Å². The van der Waals surface area contributed by atoms with Crippen LogP contribution < -0.4 is 4.74 Å². The van der Waals surface area contributed by atoms with Gasteiger partial charge in [-0.05, 0) is 135 Å². The number of ether oxygens (including phenoxy) is 2. The van der Waals surface area contributed by atoms with E-state index in [-0.39, 0.29) is 44.6 Å². The summed E-state index contributed by atoms with van der Waals surface area (Å²) in [5, 5.41) is 22.0. The van der Waals surface area contributed by atoms with E-state index in [1.54, 1.807) is 0 Å². The Bertz CT molecular complexity index is 1320. The van der Waals surface area contributed by atoms with Gasteiger partial charge in [-0.25, -0.2) is 4.79 Å². The van der Waals surface area contributed by atoms with Crippen molar-refractivity contribution in [3.8, 4) is 5.75 Å². The third-order valence-electron chi connectivity index (χ3n) is 14.9. The Labute approximate surface area is 263 Å². The predicted molar refractivity (Wildman–Crippen MR) is 170 cm³/mol. The molecule has 0 unspecified atom stereocenters. The van der Waals surface area contributed by atoms with Crippen LogP contribution >= 0.6 is 0 Å². The van der Waals surface area contributed by atoms with Crippen LogP contribution in [0.3, 0.4) is 0 Å². The van der Waals surface area contributed by atoms with E-state index in [1.165, 1.54) is 55.5 Å². The van der Waals surface area contributed by atoms with Crippen LogP contribution in [0, 0.1) is 66.8 Å². The molecule has 1 aromatic carbocycles. The van der Waals surface area contributed by atoms with Gasteiger partial charge in [0.25, 0.3) is 5.69 Å². The normalized spacial score (nSPS) is 43.9. The first-order chi connectivity index (χ1) is 20.6. The number of non-ortho nitro benzene ring substituents is 1. The van der Waals surface area contributed by atoms with Gasteiger partial charge in [0.2, 0.25) is 0 Å². The van der Waals surface area contributed by atoms with Gasteiger partial charge in [0, 0.05) is 17.5 Å². The summed E-state index contributed by atoms with van der Waals surface area (Å²) in [6.45, 7) is 19.4. The predicted octanol–water partition coefficient (Wildman–Crippen LogP) is 9.13. The number of nitrogens with zero attached hydrogens (tertiary/aromatic N) is 1. The van der Waals surface area contributed by atoms with Crippen molar-refractivity contribution in [3.05, 3.63) is 46.5 Å². The molecule has 6 rings (SSSR count). The number of aliphatic hydroxyl groups excluding tert-OH is 1. The molecule has 5 aliphatic carbocycles. The van der Waals surface area contributed by atoms with Gasteiger partial charge in [-0.2, -0.15) is 0 Å². The monoisotopic (exact) mass is 607 g/mol. The number of hydrogen-bond acceptors (Lipinski definition) is 6. The molecule has 242 valence electrons. The minimum atomic E-state index is -0.747. The average Bonchev–Trinajstić information content (AvgIpc) is 3.35. The van der Waals surface area contributed by atoms with E-state index in [4.69, 9.17) is 9.47 Å². The molecule has 5 aliphatic rings. The molecule has 1 N–H and O–H groups in total. The highest BCUT2D eigenvalue weighted by atomic mass is 16.7. The number of nitro benzene ring substituents is 1. The number of aliphatic hydroxyl groups is 1. The second-order valence-electron chi connectivity index (χ2n) is 16.8. The summed E-state index contributed by atoms with van der Waals surface area (Å²) in [7, 11) is 0. The lowest BCUT2D eigenvalue weighted by atomic mass is 9.32. The number of benzene rings is 1. The summed E-state index contributed by atoms with van der Waals surface area (Å²) in [6, 6.07) is 5.52. The third kappa shape index (κ3) is 4.49. The molecule has 10 atom stereocenters. The molecule has 0 radical (unpaired) electrons. The summed E-state index contributed by atoms with van der Waals surface area (Å²) in [4.78, 5) is 23.4. The zero-order valence-electron chi connectivity index (χ0n) is 27.7. The van der Waals surface area contributed by atoms with Crippen LogP contribution in [0.1, 0.15) is 106 Å². The van der Waals surface area contributed by atoms with Gasteiger partial charge in [-0.3, -0.25) is 10.1 Å². The van der Waals surface area contributed by atoms with Gasteiger partial charge in [-0.15, -0.1) is 0 Å². The van der Waals surface area contributed by atoms with Gasteiger partial charge in [0.15, 0.2) is 0 Å². The van der Waals surface area contributed by atoms with Gasteiger partial charge in [0.1, 0.15) is 12.4 Å². The molecule has 44 heavy (non-hydrogen) atoms. The second-order valence-corrected chi connectivity index (χ2v) is 16.8. The lowest BCUT2D eigenvalue weighted by Gasteiger charge is -2.73. The number of carbonyl (C=O) groups excluding carboxylic acids is 1. The molecule has 0 saturated heterocycles. The smallest absolute Gasteiger partial charge is 0.433 e. The van der Waals surface area contributed by atoms with Gasteiger partial charge < -0.3 is 14.6 Å². The average molecular weight is 608 g/mol. The Morgan fingerprint density at radius 1 is 0.932 bits per heavy atom. The zero-order chi connectivity index (χ0) is 31.9. The molecule has 7 nitrogen and oxygen atoms in total. The van der Waals surface area contributed by atoms with E-state index in [0.717, 1.165) is 38.5 Å². The first-order valence-electron chi connectivity index (χ1n) is 17.0. The van der Waals surface area contributed by atoms with Crippen molar-refractivity contribution in [2.24, 2.45) is 56.7 Å². The third-order valence-corrected chi connectivity index (χ3v) is 14.9. The molecule has 7 heteroatoms. The van der Waals surface area contributed by atoms with Gasteiger partial charge in [-0.1, -0.05) is 46.8 Å². The van der Waals surface area contributed by atoms with Gasteiger partial charge in [0.05, 0.1) is 11.0 Å². The van der Waals surface area contributed by atoms with Crippen LogP contribution in [0.2, 0.25) is 0 Å². The Morgan fingerprint density at radius 2 is 1.64 bits per heavy atom. The molecular weight excluding hydrogens is 554 g/mol. The molecule has 0 bridgehead atoms. The highest BCUT2D eigenvalue weighted by molar-refractivity contribution is 5.64. The fourth-order valence-electron chi connectivity index (χ4n) is 12.5. The highest BCUT2D eigenvalue weighted by Gasteiger charge is 2.71. The molecule has 0 heterocycles. The summed E-state index contributed by atoms with van der Waals surface area (Å²) in [5.41, 5.74) is 1.71. The zero-order valence-corrected chi connectivity index (χ0v) is 27.7. The largest absolute Gasteiger partial charge is 0.513 e. The molecule has 5 saturated carbocycles. The van der Waals surface area contributed by atoms with Crippen molar-refractivity contribution in [1.29, 1.82) is 0 Å². The van der Waals surface area contributed by atoms with Gasteiger partial charge >= 0.3 is 6.16 Å². The van der Waals surface area contributed by atoms with Crippen LogP contribution in [-0.2, 0) is 4.74 Å². The van der Waals surface area contributed by atoms with Crippen LogP contribution in [0.5, 0.6) is 5.75 Å². The number of fused-ring (bicyclic) bond motifs is 7. The Kier molecular flexibility index (Phi) is 7.58. The summed E-state index contributed by atoms with van der Waals surface area (Å²) in [6.07, 6.45) is 10.2. The van der Waals surface area contributed by atoms with E-state index in [1.807, 2.05) is 0 Å². The van der Waals surface area contributed by atoms with E-state index in [0.29, 0.717) is 36.2 Å². The Balaban J connectivity index is 1.25. The lowest BCUT2D eigenvalue weighted by molar-refractivity contribution is -0.384. The first-order valence-corrected chi connectivity index (χ1v) is 17.0. The molecule has 0 spiro atoms. The summed E-state index contributed by atoms with van der Waals surface area (Å²) >= 11 is 0. The lowest BCUT2D eigenvalue weighted by Crippen LogP contribution is -2.66. The number of nitro groups is 1. The minimum absolute atomic E-state index is 0.0508. The number of hydrogen-bond donors (Lipinski definition) is 1. The molecule has 0 aliphatic heterocycles. The maximum atomic E-state index is 12.9. The molecule has 1 aromatic rings. The number of carbonyl (C=O) groups is 1. The van der Waals surface area contributed by atoms with Crippen molar-refractivity contribution < 1.29 is 24.3 Å². The quantitative estimate of drug-likeness (QED) is 0.118. The van der Waals surface area contributed by atoms with Crippen LogP contribution in [-0.4, -0.2) is 28.9 Å². The van der Waals surface area contributed by atoms with Crippen molar-refractivity contribution in [2.45, 2.75) is 112 Å². The first kappa shape index (κ1) is 31.6. The molecule has 0 amide bonds. The van der Waals surface area contributed by atoms with Crippen LogP contribution in [0.4, 0.5) is 10.5 Å².